The molecule has 1 atom stereocenters. The molecule has 31 heavy (non-hydrogen) atoms. The summed E-state index contributed by atoms with van der Waals surface area (Å²) in [4.78, 5) is 23.0. The Morgan fingerprint density at radius 2 is 1.90 bits per heavy atom. The lowest BCUT2D eigenvalue weighted by atomic mass is 10.1. The van der Waals surface area contributed by atoms with Crippen molar-refractivity contribution in [2.24, 2.45) is 0 Å². The number of rotatable bonds is 5. The van der Waals surface area contributed by atoms with Crippen molar-refractivity contribution in [3.05, 3.63) is 58.3 Å². The Hall–Kier alpha value is -3.48. The average Bonchev–Trinajstić information content (AvgIpc) is 3.09. The predicted molar refractivity (Wildman–Crippen MR) is 102 cm³/mol. The number of aromatic nitrogens is 2. The number of ether oxygens (including phenoxy) is 1. The predicted octanol–water partition coefficient (Wildman–Crippen LogP) is 3.37. The molecule has 0 radical (unpaired) electrons. The molecule has 0 fully saturated rings. The van der Waals surface area contributed by atoms with E-state index >= 15 is 0 Å². The summed E-state index contributed by atoms with van der Waals surface area (Å²) in [5, 5.41) is 15.0. The smallest absolute Gasteiger partial charge is 0.425 e. The maximum absolute atomic E-state index is 13.1. The number of benzene rings is 2. The zero-order valence-corrected chi connectivity index (χ0v) is 16.8. The van der Waals surface area contributed by atoms with Crippen molar-refractivity contribution in [2.45, 2.75) is 24.1 Å². The molecule has 0 saturated carbocycles. The van der Waals surface area contributed by atoms with Crippen LogP contribution in [0.3, 0.4) is 0 Å². The second-order valence-electron chi connectivity index (χ2n) is 6.59. The normalized spacial score (nSPS) is 13.2. The van der Waals surface area contributed by atoms with Gasteiger partial charge in [0.15, 0.2) is 15.9 Å². The highest BCUT2D eigenvalue weighted by Gasteiger charge is 2.39. The minimum atomic E-state index is -4.73. The molecule has 0 amide bonds. The van der Waals surface area contributed by atoms with Gasteiger partial charge in [0.2, 0.25) is 0 Å². The highest BCUT2D eigenvalue weighted by atomic mass is 32.2. The van der Waals surface area contributed by atoms with E-state index in [1.165, 1.54) is 18.3 Å². The highest BCUT2D eigenvalue weighted by Crippen LogP contribution is 2.30. The van der Waals surface area contributed by atoms with Gasteiger partial charge in [-0.05, 0) is 31.2 Å². The number of nitro groups is 1. The van der Waals surface area contributed by atoms with Crippen molar-refractivity contribution < 1.29 is 36.0 Å². The summed E-state index contributed by atoms with van der Waals surface area (Å²) < 4.78 is 68.3. The van der Waals surface area contributed by atoms with E-state index in [1.54, 1.807) is 0 Å². The van der Waals surface area contributed by atoms with Gasteiger partial charge < -0.3 is 4.74 Å². The molecule has 0 spiro atoms. The summed E-state index contributed by atoms with van der Waals surface area (Å²) >= 11 is 0. The number of nitrogens with zero attached hydrogens (tertiary/aromatic N) is 3. The lowest BCUT2D eigenvalue weighted by Gasteiger charge is -2.19. The molecule has 0 aliphatic carbocycles. The summed E-state index contributed by atoms with van der Waals surface area (Å²) in [6.45, 7) is 0.737. The molecule has 3 rings (SSSR count). The highest BCUT2D eigenvalue weighted by molar-refractivity contribution is 7.90. The number of halogens is 3. The summed E-state index contributed by atoms with van der Waals surface area (Å²) in [5.41, 5.74) is -0.584. The van der Waals surface area contributed by atoms with Crippen LogP contribution in [0.2, 0.25) is 0 Å². The Morgan fingerprint density at radius 1 is 1.23 bits per heavy atom. The van der Waals surface area contributed by atoms with Gasteiger partial charge in [0, 0.05) is 23.8 Å². The van der Waals surface area contributed by atoms with E-state index < -0.39 is 44.3 Å². The Labute approximate surface area is 173 Å². The fourth-order valence-electron chi connectivity index (χ4n) is 2.68. The maximum atomic E-state index is 13.1. The quantitative estimate of drug-likeness (QED) is 0.425. The van der Waals surface area contributed by atoms with Crippen LogP contribution >= 0.6 is 0 Å². The molecule has 0 unspecified atom stereocenters. The number of non-ortho nitro benzene ring substituents is 1. The van der Waals surface area contributed by atoms with Gasteiger partial charge in [-0.15, -0.1) is 0 Å². The summed E-state index contributed by atoms with van der Waals surface area (Å²) in [6, 6.07) is 6.43. The lowest BCUT2D eigenvalue weighted by Crippen LogP contribution is -2.32. The van der Waals surface area contributed by atoms with E-state index in [1.807, 2.05) is 0 Å². The fraction of sp³-hybridized carbons (Fsp3) is 0.222. The largest absolute Gasteiger partial charge is 0.480 e. The van der Waals surface area contributed by atoms with Gasteiger partial charge in [0.1, 0.15) is 5.75 Å². The third-order valence-corrected chi connectivity index (χ3v) is 5.44. The summed E-state index contributed by atoms with van der Waals surface area (Å²) in [5.74, 6) is -1.47. The Balaban J connectivity index is 2.14. The standard InChI is InChI=1S/C18H14F3N3O6S/c1-10(18(19,20)21)30-16-6-4-13(31(2,28)29)8-14(16)17(25)23-15-5-3-12(24(26)27)7-11(15)9-22-23/h3-10H,1-2H3/t10-/m0/s1. The monoisotopic (exact) mass is 457 g/mol. The van der Waals surface area contributed by atoms with E-state index in [-0.39, 0.29) is 21.5 Å². The SMILES string of the molecule is C[C@H](Oc1ccc(S(C)(=O)=O)cc1C(=O)n1ncc2cc([N+](=O)[O-])ccc21)C(F)(F)F. The minimum Gasteiger partial charge on any atom is -0.480 e. The number of sulfone groups is 1. The molecular weight excluding hydrogens is 443 g/mol. The average molecular weight is 457 g/mol. The minimum absolute atomic E-state index is 0.134. The molecule has 1 heterocycles. The first-order valence-electron chi connectivity index (χ1n) is 8.53. The number of alkyl halides is 3. The van der Waals surface area contributed by atoms with E-state index in [9.17, 15) is 36.5 Å². The van der Waals surface area contributed by atoms with Crippen molar-refractivity contribution >= 4 is 32.3 Å². The number of carbonyl (C=O) groups is 1. The van der Waals surface area contributed by atoms with Crippen molar-refractivity contribution in [2.75, 3.05) is 6.26 Å². The Morgan fingerprint density at radius 3 is 2.48 bits per heavy atom. The third kappa shape index (κ3) is 4.50. The third-order valence-electron chi connectivity index (χ3n) is 4.33. The van der Waals surface area contributed by atoms with E-state index in [2.05, 4.69) is 5.10 Å². The first-order valence-corrected chi connectivity index (χ1v) is 10.4. The molecule has 9 nitrogen and oxygen atoms in total. The van der Waals surface area contributed by atoms with Gasteiger partial charge in [-0.2, -0.15) is 23.0 Å². The maximum Gasteiger partial charge on any atom is 0.425 e. The van der Waals surface area contributed by atoms with Gasteiger partial charge in [0.25, 0.3) is 11.6 Å². The second-order valence-corrected chi connectivity index (χ2v) is 8.61. The van der Waals surface area contributed by atoms with Crippen LogP contribution in [0.1, 0.15) is 17.3 Å². The van der Waals surface area contributed by atoms with Crippen LogP contribution in [0.4, 0.5) is 18.9 Å². The molecule has 13 heteroatoms. The summed E-state index contributed by atoms with van der Waals surface area (Å²) in [6.07, 6.45) is -4.97. The molecule has 0 bridgehead atoms. The van der Waals surface area contributed by atoms with Gasteiger partial charge in [-0.3, -0.25) is 14.9 Å². The lowest BCUT2D eigenvalue weighted by molar-refractivity contribution is -0.384. The molecule has 0 saturated heterocycles. The van der Waals surface area contributed by atoms with Crippen LogP contribution in [0.15, 0.2) is 47.5 Å². The van der Waals surface area contributed by atoms with E-state index in [0.29, 0.717) is 0 Å². The van der Waals surface area contributed by atoms with Crippen molar-refractivity contribution in [3.8, 4) is 5.75 Å². The van der Waals surface area contributed by atoms with Gasteiger partial charge >= 0.3 is 6.18 Å². The van der Waals surface area contributed by atoms with Gasteiger partial charge in [-0.1, -0.05) is 0 Å². The van der Waals surface area contributed by atoms with Crippen LogP contribution in [-0.4, -0.2) is 47.6 Å². The molecule has 3 aromatic rings. The van der Waals surface area contributed by atoms with E-state index in [4.69, 9.17) is 4.74 Å². The van der Waals surface area contributed by atoms with Crippen LogP contribution < -0.4 is 4.74 Å². The van der Waals surface area contributed by atoms with Crippen molar-refractivity contribution in [1.82, 2.24) is 9.78 Å². The van der Waals surface area contributed by atoms with Crippen LogP contribution in [0.25, 0.3) is 10.9 Å². The van der Waals surface area contributed by atoms with Crippen LogP contribution in [-0.2, 0) is 9.84 Å². The van der Waals surface area contributed by atoms with Crippen molar-refractivity contribution in [1.29, 1.82) is 0 Å². The van der Waals surface area contributed by atoms with Crippen LogP contribution in [0, 0.1) is 10.1 Å². The second kappa shape index (κ2) is 7.65. The van der Waals surface area contributed by atoms with Gasteiger partial charge in [-0.25, -0.2) is 8.42 Å². The number of nitro benzene ring substituents is 1. The first-order chi connectivity index (χ1) is 14.3. The molecule has 164 valence electrons. The first kappa shape index (κ1) is 22.2. The number of carbonyl (C=O) groups excluding carboxylic acids is 1. The summed E-state index contributed by atoms with van der Waals surface area (Å²) in [7, 11) is -3.79. The zero-order valence-electron chi connectivity index (χ0n) is 16.0. The molecule has 0 N–H and O–H groups in total. The fourth-order valence-corrected chi connectivity index (χ4v) is 3.32. The number of fused-ring (bicyclic) bond motifs is 1. The van der Waals surface area contributed by atoms with E-state index in [0.717, 1.165) is 42.1 Å². The Kier molecular flexibility index (Phi) is 5.48. The van der Waals surface area contributed by atoms with Crippen molar-refractivity contribution in [3.63, 3.8) is 0 Å². The zero-order chi connectivity index (χ0) is 23.1. The molecule has 0 aliphatic heterocycles. The molecule has 0 aliphatic rings. The molecule has 1 aromatic heterocycles. The van der Waals surface area contributed by atoms with Crippen LogP contribution in [0.5, 0.6) is 5.75 Å². The number of hydrogen-bond donors (Lipinski definition) is 0. The topological polar surface area (TPSA) is 121 Å². The molecular formula is C18H14F3N3O6S. The Bertz CT molecular complexity index is 1300. The number of hydrogen-bond acceptors (Lipinski definition) is 7. The van der Waals surface area contributed by atoms with Gasteiger partial charge in [0.05, 0.1) is 27.1 Å². The molecule has 2 aromatic carbocycles.